The molecule has 0 aliphatic heterocycles. The van der Waals surface area contributed by atoms with Gasteiger partial charge in [0.05, 0.1) is 16.7 Å². The minimum atomic E-state index is 0.225. The minimum absolute atomic E-state index is 0.225. The third kappa shape index (κ3) is 3.43. The summed E-state index contributed by atoms with van der Waals surface area (Å²) in [7, 11) is 0. The molecule has 1 rings (SSSR count). The maximum Gasteiger partial charge on any atom is 0.166 e. The molecule has 0 spiro atoms. The predicted octanol–water partition coefficient (Wildman–Crippen LogP) is 2.30. The van der Waals surface area contributed by atoms with Crippen LogP contribution < -0.4 is 10.6 Å². The van der Waals surface area contributed by atoms with Crippen LogP contribution in [0.5, 0.6) is 0 Å². The third-order valence-corrected chi connectivity index (χ3v) is 3.54. The molecule has 0 aliphatic rings. The molecule has 0 radical (unpaired) electrons. The molecule has 1 unspecified atom stereocenters. The Morgan fingerprint density at radius 3 is 2.67 bits per heavy atom. The van der Waals surface area contributed by atoms with E-state index in [1.165, 1.54) is 4.88 Å². The molecule has 5 heteroatoms. The van der Waals surface area contributed by atoms with Crippen molar-refractivity contribution < 1.29 is 0 Å². The van der Waals surface area contributed by atoms with Gasteiger partial charge < -0.3 is 10.6 Å². The van der Waals surface area contributed by atoms with E-state index in [0.29, 0.717) is 5.11 Å². The van der Waals surface area contributed by atoms with Crippen LogP contribution in [0.3, 0.4) is 0 Å². The van der Waals surface area contributed by atoms with Gasteiger partial charge in [0.15, 0.2) is 5.11 Å². The highest BCUT2D eigenvalue weighted by Crippen LogP contribution is 2.24. The van der Waals surface area contributed by atoms with Gasteiger partial charge in [-0.3, -0.25) is 0 Å². The quantitative estimate of drug-likeness (QED) is 0.799. The monoisotopic (exact) mass is 243 g/mol. The highest BCUT2D eigenvalue weighted by atomic mass is 32.1. The lowest BCUT2D eigenvalue weighted by Crippen LogP contribution is -2.36. The summed E-state index contributed by atoms with van der Waals surface area (Å²) >= 11 is 6.86. The Morgan fingerprint density at radius 1 is 1.53 bits per heavy atom. The second kappa shape index (κ2) is 5.42. The molecule has 1 heterocycles. The zero-order chi connectivity index (χ0) is 11.4. The van der Waals surface area contributed by atoms with Gasteiger partial charge in [0.1, 0.15) is 0 Å². The summed E-state index contributed by atoms with van der Waals surface area (Å²) in [6.07, 6.45) is 0. The molecule has 3 nitrogen and oxygen atoms in total. The first kappa shape index (κ1) is 12.4. The van der Waals surface area contributed by atoms with Crippen LogP contribution in [0.1, 0.15) is 35.5 Å². The van der Waals surface area contributed by atoms with Gasteiger partial charge in [-0.2, -0.15) is 0 Å². The summed E-state index contributed by atoms with van der Waals surface area (Å²) in [5.74, 6) is 0. The number of aromatic nitrogens is 1. The van der Waals surface area contributed by atoms with E-state index < -0.39 is 0 Å². The molecule has 84 valence electrons. The summed E-state index contributed by atoms with van der Waals surface area (Å²) in [6, 6.07) is 0.225. The topological polar surface area (TPSA) is 37.0 Å². The van der Waals surface area contributed by atoms with Crippen LogP contribution in [0.15, 0.2) is 0 Å². The van der Waals surface area contributed by atoms with E-state index in [9.17, 15) is 0 Å². The number of aryl methyl sites for hydroxylation is 2. The zero-order valence-electron chi connectivity index (χ0n) is 9.55. The van der Waals surface area contributed by atoms with Crippen molar-refractivity contribution >= 4 is 28.7 Å². The third-order valence-electron chi connectivity index (χ3n) is 2.02. The van der Waals surface area contributed by atoms with Gasteiger partial charge in [0, 0.05) is 11.4 Å². The minimum Gasteiger partial charge on any atom is -0.363 e. The molecule has 0 saturated heterocycles. The summed E-state index contributed by atoms with van der Waals surface area (Å²) in [4.78, 5) is 5.66. The van der Waals surface area contributed by atoms with Crippen molar-refractivity contribution in [3.8, 4) is 0 Å². The van der Waals surface area contributed by atoms with Crippen molar-refractivity contribution in [3.63, 3.8) is 0 Å². The Kier molecular flexibility index (Phi) is 4.47. The fourth-order valence-corrected chi connectivity index (χ4v) is 2.67. The Balaban J connectivity index is 2.64. The van der Waals surface area contributed by atoms with Gasteiger partial charge in [-0.15, -0.1) is 11.3 Å². The molecule has 1 aromatic heterocycles. The maximum atomic E-state index is 5.14. The van der Waals surface area contributed by atoms with Crippen molar-refractivity contribution in [1.82, 2.24) is 15.6 Å². The van der Waals surface area contributed by atoms with Crippen LogP contribution in [-0.4, -0.2) is 16.6 Å². The highest BCUT2D eigenvalue weighted by Gasteiger charge is 2.13. The molecule has 0 bridgehead atoms. The molecule has 0 saturated carbocycles. The first-order valence-corrected chi connectivity index (χ1v) is 6.25. The standard InChI is InChI=1S/C10H17N3S2/c1-5-11-10(14)13-7(3)9-6(2)12-8(4)15-9/h7H,5H2,1-4H3,(H2,11,13,14). The van der Waals surface area contributed by atoms with Crippen LogP contribution in [0.4, 0.5) is 0 Å². The number of thiocarbonyl (C=S) groups is 1. The van der Waals surface area contributed by atoms with Gasteiger partial charge in [-0.05, 0) is 39.9 Å². The summed E-state index contributed by atoms with van der Waals surface area (Å²) < 4.78 is 0. The number of nitrogens with zero attached hydrogens (tertiary/aromatic N) is 1. The van der Waals surface area contributed by atoms with Crippen molar-refractivity contribution in [2.45, 2.75) is 33.7 Å². The van der Waals surface area contributed by atoms with Crippen LogP contribution in [-0.2, 0) is 0 Å². The highest BCUT2D eigenvalue weighted by molar-refractivity contribution is 7.80. The average molecular weight is 243 g/mol. The van der Waals surface area contributed by atoms with Crippen molar-refractivity contribution in [2.24, 2.45) is 0 Å². The van der Waals surface area contributed by atoms with Gasteiger partial charge in [0.2, 0.25) is 0 Å². The maximum absolute atomic E-state index is 5.14. The first-order valence-electron chi connectivity index (χ1n) is 5.02. The van der Waals surface area contributed by atoms with Gasteiger partial charge in [-0.1, -0.05) is 0 Å². The number of hydrogen-bond acceptors (Lipinski definition) is 3. The molecule has 0 amide bonds. The summed E-state index contributed by atoms with van der Waals surface area (Å²) in [5.41, 5.74) is 1.09. The SMILES string of the molecule is CCNC(=S)NC(C)c1sc(C)nc1C. The number of thiazole rings is 1. The van der Waals surface area contributed by atoms with E-state index in [1.807, 2.05) is 20.8 Å². The zero-order valence-corrected chi connectivity index (χ0v) is 11.2. The lowest BCUT2D eigenvalue weighted by Gasteiger charge is -2.15. The Hall–Kier alpha value is -0.680. The first-order chi connectivity index (χ1) is 7.04. The number of hydrogen-bond donors (Lipinski definition) is 2. The van der Waals surface area contributed by atoms with E-state index in [0.717, 1.165) is 17.2 Å². The van der Waals surface area contributed by atoms with E-state index in [1.54, 1.807) is 11.3 Å². The van der Waals surface area contributed by atoms with Crippen molar-refractivity contribution in [1.29, 1.82) is 0 Å². The van der Waals surface area contributed by atoms with E-state index in [4.69, 9.17) is 12.2 Å². The molecule has 1 atom stereocenters. The van der Waals surface area contributed by atoms with E-state index in [2.05, 4.69) is 22.5 Å². The molecule has 0 fully saturated rings. The fraction of sp³-hybridized carbons (Fsp3) is 0.600. The van der Waals surface area contributed by atoms with Gasteiger partial charge in [0.25, 0.3) is 0 Å². The van der Waals surface area contributed by atoms with Crippen molar-refractivity contribution in [3.05, 3.63) is 15.6 Å². The lowest BCUT2D eigenvalue weighted by atomic mass is 10.2. The average Bonchev–Trinajstić information content (AvgIpc) is 2.45. The largest absolute Gasteiger partial charge is 0.363 e. The smallest absolute Gasteiger partial charge is 0.166 e. The molecule has 0 aromatic carbocycles. The molecular weight excluding hydrogens is 226 g/mol. The van der Waals surface area contributed by atoms with Gasteiger partial charge >= 0.3 is 0 Å². The second-order valence-electron chi connectivity index (χ2n) is 3.41. The normalized spacial score (nSPS) is 12.3. The number of nitrogens with one attached hydrogen (secondary N) is 2. The molecule has 2 N–H and O–H groups in total. The molecular formula is C10H17N3S2. The second-order valence-corrected chi connectivity index (χ2v) is 5.05. The fourth-order valence-electron chi connectivity index (χ4n) is 1.42. The summed E-state index contributed by atoms with van der Waals surface area (Å²) in [5, 5.41) is 8.13. The van der Waals surface area contributed by atoms with Crippen molar-refractivity contribution in [2.75, 3.05) is 6.54 Å². The molecule has 15 heavy (non-hydrogen) atoms. The Morgan fingerprint density at radius 2 is 2.20 bits per heavy atom. The summed E-state index contributed by atoms with van der Waals surface area (Å²) in [6.45, 7) is 9.04. The van der Waals surface area contributed by atoms with E-state index in [-0.39, 0.29) is 6.04 Å². The number of rotatable bonds is 3. The Bertz CT molecular complexity index is 346. The van der Waals surface area contributed by atoms with E-state index >= 15 is 0 Å². The van der Waals surface area contributed by atoms with Crippen LogP contribution >= 0.6 is 23.6 Å². The predicted molar refractivity (Wildman–Crippen MR) is 69.4 cm³/mol. The van der Waals surface area contributed by atoms with Crippen LogP contribution in [0.2, 0.25) is 0 Å². The Labute approximate surface area is 100 Å². The lowest BCUT2D eigenvalue weighted by molar-refractivity contribution is 0.708. The molecule has 0 aliphatic carbocycles. The van der Waals surface area contributed by atoms with Crippen LogP contribution in [0, 0.1) is 13.8 Å². The molecule has 1 aromatic rings. The van der Waals surface area contributed by atoms with Gasteiger partial charge in [-0.25, -0.2) is 4.98 Å². The van der Waals surface area contributed by atoms with Crippen LogP contribution in [0.25, 0.3) is 0 Å².